The number of hydrogen-bond acceptors (Lipinski definition) is 4. The molecule has 1 rings (SSSR count). The Morgan fingerprint density at radius 1 is 1.29 bits per heavy atom. The lowest BCUT2D eigenvalue weighted by Crippen LogP contribution is -2.36. The van der Waals surface area contributed by atoms with Gasteiger partial charge >= 0.3 is 0 Å². The predicted octanol–water partition coefficient (Wildman–Crippen LogP) is 2.41. The predicted molar refractivity (Wildman–Crippen MR) is 86.8 cm³/mol. The SMILES string of the molecule is CCC(CC)NC(=O)CO/N=C/c1ccc(N(C)C)cc1. The van der Waals surface area contributed by atoms with Gasteiger partial charge in [0.2, 0.25) is 0 Å². The molecule has 116 valence electrons. The van der Waals surface area contributed by atoms with Gasteiger partial charge in [-0.25, -0.2) is 0 Å². The number of rotatable bonds is 8. The van der Waals surface area contributed by atoms with E-state index in [0.29, 0.717) is 0 Å². The summed E-state index contributed by atoms with van der Waals surface area (Å²) >= 11 is 0. The third-order valence-electron chi connectivity index (χ3n) is 3.23. The average Bonchev–Trinajstić information content (AvgIpc) is 2.49. The fourth-order valence-electron chi connectivity index (χ4n) is 1.81. The topological polar surface area (TPSA) is 53.9 Å². The maximum Gasteiger partial charge on any atom is 0.260 e. The van der Waals surface area contributed by atoms with E-state index in [0.717, 1.165) is 24.1 Å². The number of amides is 1. The molecule has 1 amide bonds. The Kier molecular flexibility index (Phi) is 7.29. The van der Waals surface area contributed by atoms with Crippen LogP contribution in [0.5, 0.6) is 0 Å². The summed E-state index contributed by atoms with van der Waals surface area (Å²) in [4.78, 5) is 18.6. The van der Waals surface area contributed by atoms with Gasteiger partial charge in [-0.1, -0.05) is 31.1 Å². The van der Waals surface area contributed by atoms with E-state index in [1.54, 1.807) is 6.21 Å². The second kappa shape index (κ2) is 9.00. The van der Waals surface area contributed by atoms with Crippen molar-refractivity contribution in [3.63, 3.8) is 0 Å². The van der Waals surface area contributed by atoms with Crippen molar-refractivity contribution in [1.82, 2.24) is 5.32 Å². The number of anilines is 1. The van der Waals surface area contributed by atoms with Crippen LogP contribution in [0.3, 0.4) is 0 Å². The van der Waals surface area contributed by atoms with Crippen molar-refractivity contribution in [2.45, 2.75) is 32.7 Å². The Morgan fingerprint density at radius 2 is 1.90 bits per heavy atom. The van der Waals surface area contributed by atoms with Crippen LogP contribution < -0.4 is 10.2 Å². The van der Waals surface area contributed by atoms with Gasteiger partial charge in [0.15, 0.2) is 6.61 Å². The maximum atomic E-state index is 11.6. The highest BCUT2D eigenvalue weighted by Gasteiger charge is 2.07. The van der Waals surface area contributed by atoms with Crippen molar-refractivity contribution < 1.29 is 9.63 Å². The Morgan fingerprint density at radius 3 is 2.43 bits per heavy atom. The monoisotopic (exact) mass is 291 g/mol. The Labute approximate surface area is 127 Å². The summed E-state index contributed by atoms with van der Waals surface area (Å²) in [6, 6.07) is 8.12. The summed E-state index contributed by atoms with van der Waals surface area (Å²) in [6.45, 7) is 4.04. The van der Waals surface area contributed by atoms with E-state index in [-0.39, 0.29) is 18.6 Å². The largest absolute Gasteiger partial charge is 0.386 e. The number of benzene rings is 1. The molecule has 0 unspecified atom stereocenters. The van der Waals surface area contributed by atoms with Crippen molar-refractivity contribution in [1.29, 1.82) is 0 Å². The number of hydrogen-bond donors (Lipinski definition) is 1. The molecule has 0 aliphatic heterocycles. The van der Waals surface area contributed by atoms with Crippen LogP contribution in [0.4, 0.5) is 5.69 Å². The lowest BCUT2D eigenvalue weighted by atomic mass is 10.2. The molecule has 0 radical (unpaired) electrons. The minimum absolute atomic E-state index is 0.0528. The van der Waals surface area contributed by atoms with E-state index < -0.39 is 0 Å². The smallest absolute Gasteiger partial charge is 0.260 e. The summed E-state index contributed by atoms with van der Waals surface area (Å²) in [5.41, 5.74) is 2.05. The van der Waals surface area contributed by atoms with Crippen LogP contribution in [0.15, 0.2) is 29.4 Å². The molecular weight excluding hydrogens is 266 g/mol. The van der Waals surface area contributed by atoms with E-state index >= 15 is 0 Å². The van der Waals surface area contributed by atoms with Crippen LogP contribution in [0.1, 0.15) is 32.3 Å². The number of nitrogens with zero attached hydrogens (tertiary/aromatic N) is 2. The van der Waals surface area contributed by atoms with Crippen LogP contribution in [0.25, 0.3) is 0 Å². The van der Waals surface area contributed by atoms with Gasteiger partial charge < -0.3 is 15.1 Å². The second-order valence-corrected chi connectivity index (χ2v) is 5.07. The van der Waals surface area contributed by atoms with E-state index in [1.807, 2.05) is 57.1 Å². The molecule has 21 heavy (non-hydrogen) atoms. The molecule has 0 aliphatic rings. The molecular formula is C16H25N3O2. The van der Waals surface area contributed by atoms with Crippen LogP contribution >= 0.6 is 0 Å². The number of oxime groups is 1. The van der Waals surface area contributed by atoms with Crippen molar-refractivity contribution in [3.05, 3.63) is 29.8 Å². The summed E-state index contributed by atoms with van der Waals surface area (Å²) < 4.78 is 0. The first-order valence-electron chi connectivity index (χ1n) is 7.28. The number of nitrogens with one attached hydrogen (secondary N) is 1. The van der Waals surface area contributed by atoms with Crippen LogP contribution in [0.2, 0.25) is 0 Å². The lowest BCUT2D eigenvalue weighted by Gasteiger charge is -2.13. The quantitative estimate of drug-likeness (QED) is 0.591. The molecule has 1 aromatic carbocycles. The Hall–Kier alpha value is -2.04. The molecule has 0 fully saturated rings. The Balaban J connectivity index is 2.36. The molecule has 5 heteroatoms. The maximum absolute atomic E-state index is 11.6. The first-order chi connectivity index (χ1) is 10.1. The highest BCUT2D eigenvalue weighted by molar-refractivity contribution is 5.80. The first-order valence-corrected chi connectivity index (χ1v) is 7.28. The van der Waals surface area contributed by atoms with E-state index in [4.69, 9.17) is 4.84 Å². The lowest BCUT2D eigenvalue weighted by molar-refractivity contribution is -0.126. The Bertz CT molecular complexity index is 451. The van der Waals surface area contributed by atoms with Gasteiger partial charge in [0.25, 0.3) is 5.91 Å². The second-order valence-electron chi connectivity index (χ2n) is 5.07. The molecule has 0 atom stereocenters. The van der Waals surface area contributed by atoms with Gasteiger partial charge in [0.1, 0.15) is 0 Å². The van der Waals surface area contributed by atoms with Gasteiger partial charge in [0.05, 0.1) is 6.21 Å². The average molecular weight is 291 g/mol. The fraction of sp³-hybridized carbons (Fsp3) is 0.500. The molecule has 0 saturated carbocycles. The van der Waals surface area contributed by atoms with E-state index in [9.17, 15) is 4.79 Å². The van der Waals surface area contributed by atoms with E-state index in [2.05, 4.69) is 10.5 Å². The fourth-order valence-corrected chi connectivity index (χ4v) is 1.81. The molecule has 5 nitrogen and oxygen atoms in total. The van der Waals surface area contributed by atoms with Gasteiger partial charge in [-0.15, -0.1) is 0 Å². The normalized spacial score (nSPS) is 10.9. The number of carbonyl (C=O) groups excluding carboxylic acids is 1. The van der Waals surface area contributed by atoms with Crippen LogP contribution in [0, 0.1) is 0 Å². The van der Waals surface area contributed by atoms with Crippen LogP contribution in [-0.4, -0.2) is 38.9 Å². The molecule has 1 N–H and O–H groups in total. The van der Waals surface area contributed by atoms with Gasteiger partial charge in [0, 0.05) is 25.8 Å². The minimum atomic E-state index is -0.135. The van der Waals surface area contributed by atoms with Gasteiger partial charge in [-0.2, -0.15) is 0 Å². The molecule has 0 bridgehead atoms. The summed E-state index contributed by atoms with van der Waals surface area (Å²) in [6.07, 6.45) is 3.44. The zero-order chi connectivity index (χ0) is 15.7. The summed E-state index contributed by atoms with van der Waals surface area (Å²) in [7, 11) is 3.98. The van der Waals surface area contributed by atoms with Crippen molar-refractivity contribution in [2.75, 3.05) is 25.6 Å². The van der Waals surface area contributed by atoms with Gasteiger partial charge in [-0.3, -0.25) is 4.79 Å². The minimum Gasteiger partial charge on any atom is -0.386 e. The zero-order valence-corrected chi connectivity index (χ0v) is 13.3. The van der Waals surface area contributed by atoms with Crippen LogP contribution in [-0.2, 0) is 9.63 Å². The molecule has 0 saturated heterocycles. The summed E-state index contributed by atoms with van der Waals surface area (Å²) in [5, 5.41) is 6.71. The molecule has 0 aliphatic carbocycles. The van der Waals surface area contributed by atoms with Crippen molar-refractivity contribution in [2.24, 2.45) is 5.16 Å². The molecule has 1 aromatic rings. The van der Waals surface area contributed by atoms with Gasteiger partial charge in [-0.05, 0) is 30.5 Å². The molecule has 0 aromatic heterocycles. The molecule has 0 spiro atoms. The standard InChI is InChI=1S/C16H25N3O2/c1-5-14(6-2)18-16(20)12-21-17-11-13-7-9-15(10-8-13)19(3)4/h7-11,14H,5-6,12H2,1-4H3,(H,18,20)/b17-11+. The highest BCUT2D eigenvalue weighted by Crippen LogP contribution is 2.10. The van der Waals surface area contributed by atoms with E-state index in [1.165, 1.54) is 0 Å². The number of carbonyl (C=O) groups is 1. The summed E-state index contributed by atoms with van der Waals surface area (Å²) in [5.74, 6) is -0.135. The third-order valence-corrected chi connectivity index (χ3v) is 3.23. The zero-order valence-electron chi connectivity index (χ0n) is 13.3. The highest BCUT2D eigenvalue weighted by atomic mass is 16.6. The third kappa shape index (κ3) is 6.29. The first kappa shape index (κ1) is 17.0. The van der Waals surface area contributed by atoms with Crippen molar-refractivity contribution >= 4 is 17.8 Å². The molecule has 0 heterocycles. The van der Waals surface area contributed by atoms with Crippen molar-refractivity contribution in [3.8, 4) is 0 Å².